The first-order chi connectivity index (χ1) is 8.72. The SMILES string of the molecule is CCCCNC(=O)c1coc(-c2[nH]cnc2N)n1. The van der Waals surface area contributed by atoms with Gasteiger partial charge in [0, 0.05) is 6.54 Å². The number of anilines is 1. The third kappa shape index (κ3) is 2.50. The molecule has 0 aromatic carbocycles. The van der Waals surface area contributed by atoms with Crippen LogP contribution in [0.4, 0.5) is 5.82 Å². The van der Waals surface area contributed by atoms with Crippen molar-refractivity contribution in [2.75, 3.05) is 12.3 Å². The predicted molar refractivity (Wildman–Crippen MR) is 65.7 cm³/mol. The van der Waals surface area contributed by atoms with Crippen LogP contribution in [0.5, 0.6) is 0 Å². The molecule has 0 bridgehead atoms. The number of oxazole rings is 1. The van der Waals surface area contributed by atoms with Crippen LogP contribution in [0.1, 0.15) is 30.3 Å². The lowest BCUT2D eigenvalue weighted by Crippen LogP contribution is -2.24. The minimum atomic E-state index is -0.253. The zero-order valence-corrected chi connectivity index (χ0v) is 10.1. The molecule has 7 heteroatoms. The molecule has 0 aliphatic rings. The molecule has 1 amide bonds. The normalized spacial score (nSPS) is 10.5. The van der Waals surface area contributed by atoms with Crippen molar-refractivity contribution in [1.82, 2.24) is 20.3 Å². The number of hydrogen-bond donors (Lipinski definition) is 3. The van der Waals surface area contributed by atoms with Gasteiger partial charge in [-0.25, -0.2) is 9.97 Å². The summed E-state index contributed by atoms with van der Waals surface area (Å²) < 4.78 is 5.19. The highest BCUT2D eigenvalue weighted by molar-refractivity contribution is 5.92. The van der Waals surface area contributed by atoms with Crippen molar-refractivity contribution in [3.63, 3.8) is 0 Å². The van der Waals surface area contributed by atoms with E-state index in [9.17, 15) is 4.79 Å². The van der Waals surface area contributed by atoms with Crippen LogP contribution in [-0.2, 0) is 0 Å². The Morgan fingerprint density at radius 3 is 3.11 bits per heavy atom. The summed E-state index contributed by atoms with van der Waals surface area (Å²) in [5.41, 5.74) is 6.32. The van der Waals surface area contributed by atoms with E-state index in [1.165, 1.54) is 12.6 Å². The molecule has 2 aromatic rings. The number of carbonyl (C=O) groups excluding carboxylic acids is 1. The van der Waals surface area contributed by atoms with Gasteiger partial charge >= 0.3 is 0 Å². The summed E-state index contributed by atoms with van der Waals surface area (Å²) in [7, 11) is 0. The van der Waals surface area contributed by atoms with E-state index in [4.69, 9.17) is 10.2 Å². The van der Waals surface area contributed by atoms with Gasteiger partial charge in [-0.05, 0) is 6.42 Å². The molecule has 2 heterocycles. The van der Waals surface area contributed by atoms with Crippen LogP contribution >= 0.6 is 0 Å². The first-order valence-electron chi connectivity index (χ1n) is 5.75. The van der Waals surface area contributed by atoms with E-state index in [0.717, 1.165) is 12.8 Å². The van der Waals surface area contributed by atoms with Gasteiger partial charge in [-0.1, -0.05) is 13.3 Å². The molecule has 0 saturated carbocycles. The fourth-order valence-corrected chi connectivity index (χ4v) is 1.44. The highest BCUT2D eigenvalue weighted by Crippen LogP contribution is 2.20. The predicted octanol–water partition coefficient (Wildman–Crippen LogP) is 1.18. The number of unbranched alkanes of at least 4 members (excludes halogenated alkanes) is 1. The van der Waals surface area contributed by atoms with Gasteiger partial charge in [0.1, 0.15) is 12.0 Å². The van der Waals surface area contributed by atoms with Gasteiger partial charge in [-0.3, -0.25) is 4.79 Å². The molecule has 0 atom stereocenters. The average molecular weight is 249 g/mol. The molecular formula is C11H15N5O2. The fraction of sp³-hybridized carbons (Fsp3) is 0.364. The number of aromatic nitrogens is 3. The van der Waals surface area contributed by atoms with E-state index in [-0.39, 0.29) is 23.3 Å². The molecule has 0 aliphatic carbocycles. The topological polar surface area (TPSA) is 110 Å². The summed E-state index contributed by atoms with van der Waals surface area (Å²) in [6.45, 7) is 2.69. The van der Waals surface area contributed by atoms with Gasteiger partial charge < -0.3 is 20.5 Å². The van der Waals surface area contributed by atoms with Crippen molar-refractivity contribution < 1.29 is 9.21 Å². The van der Waals surface area contributed by atoms with Crippen molar-refractivity contribution in [3.05, 3.63) is 18.3 Å². The molecule has 18 heavy (non-hydrogen) atoms. The molecule has 4 N–H and O–H groups in total. The van der Waals surface area contributed by atoms with Crippen LogP contribution < -0.4 is 11.1 Å². The van der Waals surface area contributed by atoms with Crippen molar-refractivity contribution in [1.29, 1.82) is 0 Å². The lowest BCUT2D eigenvalue weighted by atomic mass is 10.3. The van der Waals surface area contributed by atoms with E-state index in [1.807, 2.05) is 0 Å². The Bertz CT molecular complexity index is 531. The molecule has 0 fully saturated rings. The summed E-state index contributed by atoms with van der Waals surface area (Å²) in [4.78, 5) is 22.4. The highest BCUT2D eigenvalue weighted by Gasteiger charge is 2.15. The Morgan fingerprint density at radius 2 is 2.44 bits per heavy atom. The Balaban J connectivity index is 2.06. The Labute approximate surface area is 104 Å². The summed E-state index contributed by atoms with van der Waals surface area (Å²) in [6, 6.07) is 0. The van der Waals surface area contributed by atoms with Gasteiger partial charge in [0.15, 0.2) is 11.5 Å². The minimum Gasteiger partial charge on any atom is -0.442 e. The molecular weight excluding hydrogens is 234 g/mol. The van der Waals surface area contributed by atoms with Gasteiger partial charge in [-0.2, -0.15) is 0 Å². The standard InChI is InChI=1S/C11H15N5O2/c1-2-3-4-13-10(17)7-5-18-11(16-7)8-9(12)15-6-14-8/h5-6H,2-4,12H2,1H3,(H,13,17)(H,14,15). The van der Waals surface area contributed by atoms with Crippen LogP contribution in [0, 0.1) is 0 Å². The van der Waals surface area contributed by atoms with Crippen LogP contribution in [0.3, 0.4) is 0 Å². The Kier molecular flexibility index (Phi) is 3.61. The number of nitrogens with two attached hydrogens (primary N) is 1. The second-order valence-corrected chi connectivity index (χ2v) is 3.81. The third-order valence-corrected chi connectivity index (χ3v) is 2.44. The molecule has 2 aromatic heterocycles. The number of carbonyl (C=O) groups is 1. The van der Waals surface area contributed by atoms with Crippen molar-refractivity contribution >= 4 is 11.7 Å². The smallest absolute Gasteiger partial charge is 0.273 e. The number of nitrogens with one attached hydrogen (secondary N) is 2. The summed E-state index contributed by atoms with van der Waals surface area (Å²) in [6.07, 6.45) is 4.70. The molecule has 0 spiro atoms. The first kappa shape index (κ1) is 12.2. The van der Waals surface area contributed by atoms with Gasteiger partial charge in [0.05, 0.1) is 6.33 Å². The van der Waals surface area contributed by atoms with Gasteiger partial charge in [0.2, 0.25) is 5.89 Å². The Morgan fingerprint density at radius 1 is 1.61 bits per heavy atom. The van der Waals surface area contributed by atoms with Crippen LogP contribution in [0.2, 0.25) is 0 Å². The van der Waals surface area contributed by atoms with Crippen molar-refractivity contribution in [2.45, 2.75) is 19.8 Å². The number of nitrogen functional groups attached to an aromatic ring is 1. The quantitative estimate of drug-likeness (QED) is 0.689. The number of aromatic amines is 1. The summed E-state index contributed by atoms with van der Waals surface area (Å²) in [5.74, 6) is 0.289. The molecule has 0 saturated heterocycles. The largest absolute Gasteiger partial charge is 0.442 e. The minimum absolute atomic E-state index is 0.232. The molecule has 7 nitrogen and oxygen atoms in total. The average Bonchev–Trinajstić information content (AvgIpc) is 2.97. The fourth-order valence-electron chi connectivity index (χ4n) is 1.44. The number of imidazole rings is 1. The first-order valence-corrected chi connectivity index (χ1v) is 5.75. The van der Waals surface area contributed by atoms with Gasteiger partial charge in [-0.15, -0.1) is 0 Å². The molecule has 96 valence electrons. The molecule has 2 rings (SSSR count). The zero-order chi connectivity index (χ0) is 13.0. The maximum atomic E-state index is 11.7. The molecule has 0 unspecified atom stereocenters. The van der Waals surface area contributed by atoms with Gasteiger partial charge in [0.25, 0.3) is 5.91 Å². The maximum Gasteiger partial charge on any atom is 0.273 e. The van der Waals surface area contributed by atoms with E-state index < -0.39 is 0 Å². The Hall–Kier alpha value is -2.31. The monoisotopic (exact) mass is 249 g/mol. The van der Waals surface area contributed by atoms with Crippen LogP contribution in [0.25, 0.3) is 11.6 Å². The number of hydrogen-bond acceptors (Lipinski definition) is 5. The second-order valence-electron chi connectivity index (χ2n) is 3.81. The van der Waals surface area contributed by atoms with E-state index >= 15 is 0 Å². The molecule has 0 aliphatic heterocycles. The summed E-state index contributed by atoms with van der Waals surface area (Å²) in [5, 5.41) is 2.75. The van der Waals surface area contributed by atoms with E-state index in [0.29, 0.717) is 12.2 Å². The number of rotatable bonds is 5. The second kappa shape index (κ2) is 5.35. The summed E-state index contributed by atoms with van der Waals surface area (Å²) >= 11 is 0. The number of nitrogens with zero attached hydrogens (tertiary/aromatic N) is 2. The van der Waals surface area contributed by atoms with Crippen molar-refractivity contribution in [3.8, 4) is 11.6 Å². The number of H-pyrrole nitrogens is 1. The van der Waals surface area contributed by atoms with E-state index in [2.05, 4.69) is 27.2 Å². The van der Waals surface area contributed by atoms with Crippen LogP contribution in [-0.4, -0.2) is 27.4 Å². The zero-order valence-electron chi connectivity index (χ0n) is 10.1. The maximum absolute atomic E-state index is 11.7. The lowest BCUT2D eigenvalue weighted by molar-refractivity contribution is 0.0948. The lowest BCUT2D eigenvalue weighted by Gasteiger charge is -1.99. The van der Waals surface area contributed by atoms with E-state index in [1.54, 1.807) is 0 Å². The van der Waals surface area contributed by atoms with Crippen molar-refractivity contribution in [2.24, 2.45) is 0 Å². The van der Waals surface area contributed by atoms with Crippen LogP contribution in [0.15, 0.2) is 17.0 Å². The third-order valence-electron chi connectivity index (χ3n) is 2.44. The molecule has 0 radical (unpaired) electrons. The number of amides is 1. The highest BCUT2D eigenvalue weighted by atomic mass is 16.3.